The third-order valence-electron chi connectivity index (χ3n) is 4.18. The third-order valence-corrected chi connectivity index (χ3v) is 4.18. The Morgan fingerprint density at radius 2 is 1.79 bits per heavy atom. The maximum Gasteiger partial charge on any atom is 0.217 e. The highest BCUT2D eigenvalue weighted by molar-refractivity contribution is 5.65. The maximum atomic E-state index is 6.20. The van der Waals surface area contributed by atoms with Crippen molar-refractivity contribution in [2.75, 3.05) is 26.9 Å². The van der Waals surface area contributed by atoms with Crippen molar-refractivity contribution < 1.29 is 14.2 Å². The van der Waals surface area contributed by atoms with Gasteiger partial charge in [0.25, 0.3) is 0 Å². The number of hydrogen-bond donors (Lipinski definition) is 1. The van der Waals surface area contributed by atoms with Crippen LogP contribution in [0.3, 0.4) is 0 Å². The van der Waals surface area contributed by atoms with E-state index in [-0.39, 0.29) is 0 Å². The van der Waals surface area contributed by atoms with Gasteiger partial charge in [-0.3, -0.25) is 0 Å². The van der Waals surface area contributed by atoms with Gasteiger partial charge in [0.1, 0.15) is 18.1 Å². The Morgan fingerprint density at radius 3 is 2.52 bits per heavy atom. The molecule has 7 heteroatoms. The van der Waals surface area contributed by atoms with Crippen LogP contribution in [0.1, 0.15) is 16.8 Å². The van der Waals surface area contributed by atoms with Gasteiger partial charge in [-0.15, -0.1) is 0 Å². The van der Waals surface area contributed by atoms with Crippen LogP contribution in [-0.2, 0) is 11.2 Å². The van der Waals surface area contributed by atoms with Crippen molar-refractivity contribution in [3.63, 3.8) is 0 Å². The first-order valence-electron chi connectivity index (χ1n) is 9.49. The Kier molecular flexibility index (Phi) is 7.10. The molecule has 1 aromatic carbocycles. The number of aromatic nitrogens is 3. The zero-order chi connectivity index (χ0) is 20.6. The van der Waals surface area contributed by atoms with Gasteiger partial charge in [-0.2, -0.15) is 0 Å². The minimum absolute atomic E-state index is 0.422. The molecule has 0 aliphatic rings. The summed E-state index contributed by atoms with van der Waals surface area (Å²) in [6.07, 6.45) is 4.36. The summed E-state index contributed by atoms with van der Waals surface area (Å²) >= 11 is 0. The lowest BCUT2D eigenvalue weighted by Gasteiger charge is -2.13. The molecule has 7 nitrogen and oxygen atoms in total. The molecule has 0 unspecified atom stereocenters. The number of hydrogen-bond acceptors (Lipinski definition) is 7. The largest absolute Gasteiger partial charge is 0.475 e. The summed E-state index contributed by atoms with van der Waals surface area (Å²) in [4.78, 5) is 13.4. The first kappa shape index (κ1) is 20.7. The fraction of sp³-hybridized carbons (Fsp3) is 0.318. The Morgan fingerprint density at radius 1 is 1.00 bits per heavy atom. The van der Waals surface area contributed by atoms with Crippen LogP contribution in [0.25, 0.3) is 11.4 Å². The summed E-state index contributed by atoms with van der Waals surface area (Å²) < 4.78 is 16.8. The second-order valence-electron chi connectivity index (χ2n) is 6.68. The van der Waals surface area contributed by atoms with E-state index in [0.29, 0.717) is 43.0 Å². The van der Waals surface area contributed by atoms with Crippen LogP contribution in [0, 0.1) is 13.8 Å². The molecule has 152 valence electrons. The van der Waals surface area contributed by atoms with Gasteiger partial charge < -0.3 is 19.9 Å². The Bertz CT molecular complexity index is 945. The number of pyridine rings is 1. The quantitative estimate of drug-likeness (QED) is 0.556. The lowest BCUT2D eigenvalue weighted by Crippen LogP contribution is -2.06. The van der Waals surface area contributed by atoms with Gasteiger partial charge in [0.15, 0.2) is 5.82 Å². The molecule has 29 heavy (non-hydrogen) atoms. The fourth-order valence-corrected chi connectivity index (χ4v) is 2.79. The molecule has 0 aliphatic heterocycles. The number of aryl methyl sites for hydroxylation is 2. The molecule has 0 saturated carbocycles. The molecule has 0 atom stereocenters. The second kappa shape index (κ2) is 9.95. The van der Waals surface area contributed by atoms with Crippen molar-refractivity contribution in [3.8, 4) is 28.8 Å². The molecule has 0 radical (unpaired) electrons. The van der Waals surface area contributed by atoms with E-state index in [0.717, 1.165) is 28.8 Å². The number of nitrogens with zero attached hydrogens (tertiary/aromatic N) is 3. The van der Waals surface area contributed by atoms with Crippen molar-refractivity contribution in [1.82, 2.24) is 15.0 Å². The van der Waals surface area contributed by atoms with E-state index < -0.39 is 0 Å². The van der Waals surface area contributed by atoms with Crippen molar-refractivity contribution >= 4 is 0 Å². The summed E-state index contributed by atoms with van der Waals surface area (Å²) in [5.41, 5.74) is 9.29. The monoisotopic (exact) mass is 394 g/mol. The van der Waals surface area contributed by atoms with E-state index in [1.165, 1.54) is 0 Å². The van der Waals surface area contributed by atoms with Gasteiger partial charge >= 0.3 is 0 Å². The van der Waals surface area contributed by atoms with Crippen LogP contribution in [0.5, 0.6) is 17.4 Å². The van der Waals surface area contributed by atoms with Gasteiger partial charge in [0, 0.05) is 37.3 Å². The van der Waals surface area contributed by atoms with Crippen molar-refractivity contribution in [2.24, 2.45) is 5.73 Å². The van der Waals surface area contributed by atoms with Crippen LogP contribution in [0.4, 0.5) is 0 Å². The van der Waals surface area contributed by atoms with E-state index in [1.807, 2.05) is 38.1 Å². The molecular formula is C22H26N4O3. The standard InChI is InChI=1S/C22H26N4O3/c1-15-4-5-19(22-24-13-17(6-7-23)14-25-22)20(10-15)29-18-11-16(2)26-21(12-18)28-9-8-27-3/h4-5,10-14H,6-9,23H2,1-3H3. The molecule has 0 spiro atoms. The second-order valence-corrected chi connectivity index (χ2v) is 6.68. The summed E-state index contributed by atoms with van der Waals surface area (Å²) in [7, 11) is 1.63. The van der Waals surface area contributed by atoms with E-state index in [4.69, 9.17) is 19.9 Å². The molecule has 0 bridgehead atoms. The van der Waals surface area contributed by atoms with Gasteiger partial charge in [0.2, 0.25) is 5.88 Å². The number of benzene rings is 1. The zero-order valence-corrected chi connectivity index (χ0v) is 17.0. The summed E-state index contributed by atoms with van der Waals surface area (Å²) in [6.45, 7) is 5.39. The van der Waals surface area contributed by atoms with Crippen molar-refractivity contribution in [1.29, 1.82) is 0 Å². The number of methoxy groups -OCH3 is 1. The van der Waals surface area contributed by atoms with Gasteiger partial charge in [-0.1, -0.05) is 6.07 Å². The summed E-state index contributed by atoms with van der Waals surface area (Å²) in [6, 6.07) is 9.57. The first-order valence-corrected chi connectivity index (χ1v) is 9.49. The summed E-state index contributed by atoms with van der Waals surface area (Å²) in [5, 5.41) is 0. The number of nitrogens with two attached hydrogens (primary N) is 1. The molecule has 0 saturated heterocycles. The highest BCUT2D eigenvalue weighted by Gasteiger charge is 2.12. The molecule has 3 rings (SSSR count). The van der Waals surface area contributed by atoms with Crippen LogP contribution >= 0.6 is 0 Å². The van der Waals surface area contributed by atoms with E-state index in [9.17, 15) is 0 Å². The molecular weight excluding hydrogens is 368 g/mol. The van der Waals surface area contributed by atoms with Crippen LogP contribution in [0.15, 0.2) is 42.7 Å². The van der Waals surface area contributed by atoms with Crippen LogP contribution in [-0.4, -0.2) is 41.8 Å². The Balaban J connectivity index is 1.88. The van der Waals surface area contributed by atoms with Crippen LogP contribution < -0.4 is 15.2 Å². The van der Waals surface area contributed by atoms with E-state index in [1.54, 1.807) is 25.6 Å². The van der Waals surface area contributed by atoms with Crippen molar-refractivity contribution in [2.45, 2.75) is 20.3 Å². The predicted molar refractivity (Wildman–Crippen MR) is 111 cm³/mol. The SMILES string of the molecule is COCCOc1cc(Oc2cc(C)ccc2-c2ncc(CCN)cn2)cc(C)n1. The first-order chi connectivity index (χ1) is 14.1. The number of rotatable bonds is 9. The lowest BCUT2D eigenvalue weighted by molar-refractivity contribution is 0.143. The normalized spacial score (nSPS) is 10.8. The molecule has 2 heterocycles. The highest BCUT2D eigenvalue weighted by atomic mass is 16.5. The average Bonchev–Trinajstić information content (AvgIpc) is 2.69. The van der Waals surface area contributed by atoms with E-state index in [2.05, 4.69) is 15.0 Å². The topological polar surface area (TPSA) is 92.4 Å². The molecule has 0 amide bonds. The predicted octanol–water partition coefficient (Wildman–Crippen LogP) is 3.47. The van der Waals surface area contributed by atoms with Gasteiger partial charge in [-0.25, -0.2) is 15.0 Å². The Labute approximate surface area is 170 Å². The Hall–Kier alpha value is -3.03. The summed E-state index contributed by atoms with van der Waals surface area (Å²) in [5.74, 6) is 2.40. The number of ether oxygens (including phenoxy) is 3. The maximum absolute atomic E-state index is 6.20. The van der Waals surface area contributed by atoms with Gasteiger partial charge in [-0.05, 0) is 50.1 Å². The fourth-order valence-electron chi connectivity index (χ4n) is 2.79. The molecule has 3 aromatic rings. The molecule has 0 aliphatic carbocycles. The smallest absolute Gasteiger partial charge is 0.217 e. The molecule has 2 aromatic heterocycles. The minimum atomic E-state index is 0.422. The lowest BCUT2D eigenvalue weighted by atomic mass is 10.1. The highest BCUT2D eigenvalue weighted by Crippen LogP contribution is 2.33. The third kappa shape index (κ3) is 5.73. The molecule has 0 fully saturated rings. The minimum Gasteiger partial charge on any atom is -0.475 e. The van der Waals surface area contributed by atoms with Crippen molar-refractivity contribution in [3.05, 3.63) is 59.5 Å². The molecule has 2 N–H and O–H groups in total. The average molecular weight is 394 g/mol. The zero-order valence-electron chi connectivity index (χ0n) is 17.0. The van der Waals surface area contributed by atoms with Crippen LogP contribution in [0.2, 0.25) is 0 Å². The van der Waals surface area contributed by atoms with E-state index >= 15 is 0 Å². The van der Waals surface area contributed by atoms with Gasteiger partial charge in [0.05, 0.1) is 12.2 Å².